The van der Waals surface area contributed by atoms with Crippen molar-refractivity contribution in [2.24, 2.45) is 11.7 Å². The summed E-state index contributed by atoms with van der Waals surface area (Å²) >= 11 is 0. The van der Waals surface area contributed by atoms with Crippen molar-refractivity contribution in [1.29, 1.82) is 0 Å². The maximum Gasteiger partial charge on any atom is 0.0366 e. The van der Waals surface area contributed by atoms with Crippen LogP contribution in [0.15, 0.2) is 24.3 Å². The summed E-state index contributed by atoms with van der Waals surface area (Å²) in [6.45, 7) is 7.38. The molecule has 0 amide bonds. The molecular formula is C14H22N2. The highest BCUT2D eigenvalue weighted by Gasteiger charge is 2.36. The van der Waals surface area contributed by atoms with Crippen LogP contribution in [0, 0.1) is 5.92 Å². The van der Waals surface area contributed by atoms with Crippen LogP contribution in [0.5, 0.6) is 0 Å². The lowest BCUT2D eigenvalue weighted by Crippen LogP contribution is -2.21. The predicted molar refractivity (Wildman–Crippen MR) is 69.9 cm³/mol. The zero-order chi connectivity index (χ0) is 11.5. The van der Waals surface area contributed by atoms with Gasteiger partial charge in [0, 0.05) is 18.8 Å². The number of nitrogens with zero attached hydrogens (tertiary/aromatic N) is 1. The summed E-state index contributed by atoms with van der Waals surface area (Å²) in [7, 11) is 0. The van der Waals surface area contributed by atoms with Crippen LogP contribution in [0.4, 0.5) is 5.69 Å². The van der Waals surface area contributed by atoms with Gasteiger partial charge in [0.15, 0.2) is 0 Å². The molecule has 1 aliphatic carbocycles. The highest BCUT2D eigenvalue weighted by molar-refractivity contribution is 5.48. The van der Waals surface area contributed by atoms with Gasteiger partial charge in [-0.15, -0.1) is 0 Å². The highest BCUT2D eigenvalue weighted by Crippen LogP contribution is 2.46. The SMILES string of the molecule is CCN(CC)c1ccc([C@H]2C[C@H]2CN)cc1. The molecule has 1 saturated carbocycles. The van der Waals surface area contributed by atoms with Crippen molar-refractivity contribution in [3.8, 4) is 0 Å². The number of hydrogen-bond acceptors (Lipinski definition) is 2. The molecule has 16 heavy (non-hydrogen) atoms. The molecule has 0 radical (unpaired) electrons. The zero-order valence-corrected chi connectivity index (χ0v) is 10.3. The Bertz CT molecular complexity index is 327. The van der Waals surface area contributed by atoms with Crippen molar-refractivity contribution < 1.29 is 0 Å². The summed E-state index contributed by atoms with van der Waals surface area (Å²) in [5.41, 5.74) is 8.47. The standard InChI is InChI=1S/C14H22N2/c1-3-16(4-2)13-7-5-11(6-8-13)14-9-12(14)10-15/h5-8,12,14H,3-4,9-10,15H2,1-2H3/t12-,14+/m0/s1. The average Bonchev–Trinajstić information content (AvgIpc) is 3.11. The molecule has 2 rings (SSSR count). The van der Waals surface area contributed by atoms with Crippen molar-refractivity contribution in [2.75, 3.05) is 24.5 Å². The van der Waals surface area contributed by atoms with Gasteiger partial charge in [0.2, 0.25) is 0 Å². The van der Waals surface area contributed by atoms with Crippen LogP contribution >= 0.6 is 0 Å². The van der Waals surface area contributed by atoms with Gasteiger partial charge in [-0.05, 0) is 56.3 Å². The van der Waals surface area contributed by atoms with E-state index in [2.05, 4.69) is 43.0 Å². The molecular weight excluding hydrogens is 196 g/mol. The van der Waals surface area contributed by atoms with E-state index in [1.165, 1.54) is 17.7 Å². The second-order valence-corrected chi connectivity index (χ2v) is 4.60. The summed E-state index contributed by atoms with van der Waals surface area (Å²) in [6.07, 6.45) is 1.28. The molecule has 0 spiro atoms. The Balaban J connectivity index is 2.05. The second kappa shape index (κ2) is 4.88. The maximum atomic E-state index is 5.67. The van der Waals surface area contributed by atoms with Crippen molar-refractivity contribution in [2.45, 2.75) is 26.2 Å². The monoisotopic (exact) mass is 218 g/mol. The molecule has 2 heteroatoms. The van der Waals surface area contributed by atoms with E-state index in [1.807, 2.05) is 0 Å². The second-order valence-electron chi connectivity index (χ2n) is 4.60. The Morgan fingerprint density at radius 2 is 1.81 bits per heavy atom. The minimum absolute atomic E-state index is 0.732. The molecule has 0 saturated heterocycles. The summed E-state index contributed by atoms with van der Waals surface area (Å²) in [5.74, 6) is 1.47. The molecule has 88 valence electrons. The van der Waals surface area contributed by atoms with Crippen LogP contribution in [0.3, 0.4) is 0 Å². The van der Waals surface area contributed by atoms with E-state index < -0.39 is 0 Å². The molecule has 0 bridgehead atoms. The molecule has 0 aromatic heterocycles. The van der Waals surface area contributed by atoms with Crippen LogP contribution in [-0.2, 0) is 0 Å². The third kappa shape index (κ3) is 2.22. The van der Waals surface area contributed by atoms with E-state index in [0.29, 0.717) is 0 Å². The molecule has 0 aliphatic heterocycles. The molecule has 1 aromatic rings. The minimum atomic E-state index is 0.732. The fourth-order valence-corrected chi connectivity index (χ4v) is 2.44. The van der Waals surface area contributed by atoms with Gasteiger partial charge in [0.05, 0.1) is 0 Å². The number of nitrogens with two attached hydrogens (primary N) is 1. The van der Waals surface area contributed by atoms with Crippen molar-refractivity contribution in [1.82, 2.24) is 0 Å². The van der Waals surface area contributed by atoms with E-state index in [1.54, 1.807) is 0 Å². The fraction of sp³-hybridized carbons (Fsp3) is 0.571. The van der Waals surface area contributed by atoms with Crippen molar-refractivity contribution in [3.63, 3.8) is 0 Å². The number of benzene rings is 1. The first-order valence-electron chi connectivity index (χ1n) is 6.35. The summed E-state index contributed by atoms with van der Waals surface area (Å²) < 4.78 is 0. The molecule has 1 fully saturated rings. The average molecular weight is 218 g/mol. The Kier molecular flexibility index (Phi) is 3.49. The van der Waals surface area contributed by atoms with E-state index in [4.69, 9.17) is 5.73 Å². The predicted octanol–water partition coefficient (Wildman–Crippen LogP) is 2.60. The Labute approximate surface area is 98.4 Å². The first-order valence-corrected chi connectivity index (χ1v) is 6.35. The van der Waals surface area contributed by atoms with Gasteiger partial charge in [-0.1, -0.05) is 12.1 Å². The Morgan fingerprint density at radius 3 is 2.25 bits per heavy atom. The van der Waals surface area contributed by atoms with Crippen LogP contribution in [0.2, 0.25) is 0 Å². The van der Waals surface area contributed by atoms with Gasteiger partial charge in [-0.25, -0.2) is 0 Å². The molecule has 2 nitrogen and oxygen atoms in total. The summed E-state index contributed by atoms with van der Waals surface area (Å²) in [4.78, 5) is 2.37. The fourth-order valence-electron chi connectivity index (χ4n) is 2.44. The molecule has 2 atom stereocenters. The van der Waals surface area contributed by atoms with Gasteiger partial charge in [0.1, 0.15) is 0 Å². The third-order valence-corrected chi connectivity index (χ3v) is 3.68. The third-order valence-electron chi connectivity index (χ3n) is 3.68. The molecule has 0 heterocycles. The van der Waals surface area contributed by atoms with Crippen molar-refractivity contribution in [3.05, 3.63) is 29.8 Å². The molecule has 1 aromatic carbocycles. The lowest BCUT2D eigenvalue weighted by Gasteiger charge is -2.21. The van der Waals surface area contributed by atoms with Gasteiger partial charge in [-0.3, -0.25) is 0 Å². The first kappa shape index (κ1) is 11.5. The smallest absolute Gasteiger partial charge is 0.0366 e. The quantitative estimate of drug-likeness (QED) is 0.823. The number of anilines is 1. The van der Waals surface area contributed by atoms with Crippen LogP contribution < -0.4 is 10.6 Å². The topological polar surface area (TPSA) is 29.3 Å². The van der Waals surface area contributed by atoms with Gasteiger partial charge < -0.3 is 10.6 Å². The van der Waals surface area contributed by atoms with Crippen LogP contribution in [0.25, 0.3) is 0 Å². The summed E-state index contributed by atoms with van der Waals surface area (Å²) in [6, 6.07) is 9.03. The Morgan fingerprint density at radius 1 is 1.19 bits per heavy atom. The van der Waals surface area contributed by atoms with Crippen LogP contribution in [0.1, 0.15) is 31.7 Å². The van der Waals surface area contributed by atoms with Gasteiger partial charge >= 0.3 is 0 Å². The van der Waals surface area contributed by atoms with E-state index in [-0.39, 0.29) is 0 Å². The molecule has 0 unspecified atom stereocenters. The summed E-state index contributed by atoms with van der Waals surface area (Å²) in [5, 5.41) is 0. The van der Waals surface area contributed by atoms with E-state index >= 15 is 0 Å². The van der Waals surface area contributed by atoms with Crippen LogP contribution in [-0.4, -0.2) is 19.6 Å². The number of hydrogen-bond donors (Lipinski definition) is 1. The first-order chi connectivity index (χ1) is 7.80. The largest absolute Gasteiger partial charge is 0.372 e. The van der Waals surface area contributed by atoms with E-state index in [9.17, 15) is 0 Å². The highest BCUT2D eigenvalue weighted by atomic mass is 15.1. The molecule has 2 N–H and O–H groups in total. The Hall–Kier alpha value is -1.02. The number of rotatable bonds is 5. The minimum Gasteiger partial charge on any atom is -0.372 e. The van der Waals surface area contributed by atoms with Gasteiger partial charge in [-0.2, -0.15) is 0 Å². The van der Waals surface area contributed by atoms with E-state index in [0.717, 1.165) is 31.5 Å². The normalized spacial score (nSPS) is 23.2. The zero-order valence-electron chi connectivity index (χ0n) is 10.3. The van der Waals surface area contributed by atoms with Crippen molar-refractivity contribution >= 4 is 5.69 Å². The maximum absolute atomic E-state index is 5.67. The van der Waals surface area contributed by atoms with Gasteiger partial charge in [0.25, 0.3) is 0 Å². The lowest BCUT2D eigenvalue weighted by molar-refractivity contribution is 0.809. The molecule has 1 aliphatic rings. The lowest BCUT2D eigenvalue weighted by atomic mass is 10.1.